The number of aliphatic hydroxyl groups excluding tert-OH is 1. The van der Waals surface area contributed by atoms with Crippen LogP contribution in [0.5, 0.6) is 0 Å². The number of cyclic esters (lactones) is 1. The third-order valence-electron chi connectivity index (χ3n) is 2.11. The summed E-state index contributed by atoms with van der Waals surface area (Å²) in [4.78, 5) is 10.9. The van der Waals surface area contributed by atoms with Crippen molar-refractivity contribution in [1.82, 2.24) is 0 Å². The summed E-state index contributed by atoms with van der Waals surface area (Å²) < 4.78 is 4.93. The Morgan fingerprint density at radius 1 is 1.25 bits per heavy atom. The molecular formula is C9H16O3. The third-order valence-corrected chi connectivity index (χ3v) is 2.11. The Balaban J connectivity index is 2.26. The van der Waals surface area contributed by atoms with Crippen molar-refractivity contribution >= 4 is 5.97 Å². The average Bonchev–Trinajstić information content (AvgIpc) is 2.04. The zero-order valence-corrected chi connectivity index (χ0v) is 7.29. The van der Waals surface area contributed by atoms with Gasteiger partial charge in [-0.25, -0.2) is 0 Å². The summed E-state index contributed by atoms with van der Waals surface area (Å²) in [5.41, 5.74) is 0. The Morgan fingerprint density at radius 2 is 2.00 bits per heavy atom. The van der Waals surface area contributed by atoms with Gasteiger partial charge in [-0.15, -0.1) is 0 Å². The fourth-order valence-corrected chi connectivity index (χ4v) is 1.37. The van der Waals surface area contributed by atoms with E-state index in [1.54, 1.807) is 0 Å². The van der Waals surface area contributed by atoms with Gasteiger partial charge in [0, 0.05) is 6.42 Å². The third kappa shape index (κ3) is 3.72. The Kier molecular flexibility index (Phi) is 4.08. The van der Waals surface area contributed by atoms with Crippen LogP contribution < -0.4 is 0 Å². The highest BCUT2D eigenvalue weighted by atomic mass is 16.5. The molecule has 1 N–H and O–H groups in total. The average molecular weight is 172 g/mol. The summed E-state index contributed by atoms with van der Waals surface area (Å²) in [6, 6.07) is 0. The number of ether oxygens (including phenoxy) is 1. The van der Waals surface area contributed by atoms with E-state index < -0.39 is 0 Å². The van der Waals surface area contributed by atoms with Crippen molar-refractivity contribution in [1.29, 1.82) is 0 Å². The van der Waals surface area contributed by atoms with Crippen molar-refractivity contribution in [3.63, 3.8) is 0 Å². The molecule has 1 rings (SSSR count). The zero-order chi connectivity index (χ0) is 8.81. The predicted molar refractivity (Wildman–Crippen MR) is 44.7 cm³/mol. The summed E-state index contributed by atoms with van der Waals surface area (Å²) in [6.07, 6.45) is 4.40. The maximum Gasteiger partial charge on any atom is 0.305 e. The van der Waals surface area contributed by atoms with Crippen LogP contribution in [-0.4, -0.2) is 23.8 Å². The van der Waals surface area contributed by atoms with E-state index >= 15 is 0 Å². The van der Waals surface area contributed by atoms with Crippen molar-refractivity contribution < 1.29 is 14.6 Å². The molecule has 1 saturated heterocycles. The van der Waals surface area contributed by atoms with Crippen LogP contribution in [0, 0.1) is 0 Å². The Labute approximate surface area is 72.7 Å². The fourth-order valence-electron chi connectivity index (χ4n) is 1.37. The predicted octanol–water partition coefficient (Wildman–Crippen LogP) is 1.24. The van der Waals surface area contributed by atoms with Crippen LogP contribution in [0.25, 0.3) is 0 Å². The number of aliphatic hydroxyl groups is 1. The lowest BCUT2D eigenvalue weighted by molar-refractivity contribution is -0.144. The quantitative estimate of drug-likeness (QED) is 0.559. The molecule has 1 atom stereocenters. The van der Waals surface area contributed by atoms with E-state index in [2.05, 4.69) is 0 Å². The van der Waals surface area contributed by atoms with Crippen LogP contribution in [0.15, 0.2) is 0 Å². The normalized spacial score (nSPS) is 27.8. The second-order valence-corrected chi connectivity index (χ2v) is 3.26. The minimum Gasteiger partial charge on any atom is -0.466 e. The molecule has 1 aliphatic heterocycles. The summed E-state index contributed by atoms with van der Waals surface area (Å²) in [5.74, 6) is -0.121. The fraction of sp³-hybridized carbons (Fsp3) is 0.889. The van der Waals surface area contributed by atoms with Gasteiger partial charge in [0.2, 0.25) is 0 Å². The monoisotopic (exact) mass is 172 g/mol. The van der Waals surface area contributed by atoms with Gasteiger partial charge in [0.1, 0.15) is 0 Å². The largest absolute Gasteiger partial charge is 0.466 e. The molecule has 1 unspecified atom stereocenters. The van der Waals surface area contributed by atoms with E-state index in [1.807, 2.05) is 0 Å². The van der Waals surface area contributed by atoms with Crippen molar-refractivity contribution in [2.24, 2.45) is 0 Å². The highest BCUT2D eigenvalue weighted by molar-refractivity contribution is 5.69. The number of hydrogen-bond acceptors (Lipinski definition) is 3. The van der Waals surface area contributed by atoms with Crippen LogP contribution in [0.2, 0.25) is 0 Å². The second-order valence-electron chi connectivity index (χ2n) is 3.26. The van der Waals surface area contributed by atoms with E-state index in [1.165, 1.54) is 0 Å². The molecular weight excluding hydrogens is 156 g/mol. The molecule has 12 heavy (non-hydrogen) atoms. The molecule has 70 valence electrons. The Morgan fingerprint density at radius 3 is 2.83 bits per heavy atom. The van der Waals surface area contributed by atoms with E-state index in [4.69, 9.17) is 4.74 Å². The van der Waals surface area contributed by atoms with Crippen molar-refractivity contribution in [3.05, 3.63) is 0 Å². The van der Waals surface area contributed by atoms with Crippen LogP contribution >= 0.6 is 0 Å². The first-order valence-corrected chi connectivity index (χ1v) is 4.63. The molecule has 0 aromatic heterocycles. The van der Waals surface area contributed by atoms with Gasteiger partial charge in [-0.1, -0.05) is 0 Å². The van der Waals surface area contributed by atoms with Crippen molar-refractivity contribution in [2.75, 3.05) is 6.61 Å². The molecule has 0 radical (unpaired) electrons. The van der Waals surface area contributed by atoms with Crippen LogP contribution in [0.4, 0.5) is 0 Å². The number of carbonyl (C=O) groups excluding carboxylic acids is 1. The number of hydrogen-bond donors (Lipinski definition) is 1. The van der Waals surface area contributed by atoms with Gasteiger partial charge < -0.3 is 9.84 Å². The highest BCUT2D eigenvalue weighted by Gasteiger charge is 2.09. The lowest BCUT2D eigenvalue weighted by Gasteiger charge is -2.12. The molecule has 0 aromatic rings. The summed E-state index contributed by atoms with van der Waals surface area (Å²) in [5, 5.41) is 9.37. The molecule has 0 spiro atoms. The molecule has 1 heterocycles. The molecule has 1 fully saturated rings. The molecule has 0 saturated carbocycles. The van der Waals surface area contributed by atoms with Gasteiger partial charge in [0.15, 0.2) is 0 Å². The van der Waals surface area contributed by atoms with Crippen LogP contribution in [0.3, 0.4) is 0 Å². The second kappa shape index (κ2) is 5.14. The van der Waals surface area contributed by atoms with Crippen molar-refractivity contribution in [2.45, 2.75) is 44.6 Å². The Hall–Kier alpha value is -0.570. The van der Waals surface area contributed by atoms with Gasteiger partial charge in [0.25, 0.3) is 0 Å². The zero-order valence-electron chi connectivity index (χ0n) is 7.29. The molecule has 0 aliphatic carbocycles. The number of esters is 1. The maximum absolute atomic E-state index is 10.9. The summed E-state index contributed by atoms with van der Waals surface area (Å²) in [6.45, 7) is 0.519. The molecule has 1 aliphatic rings. The molecule has 0 amide bonds. The summed E-state index contributed by atoms with van der Waals surface area (Å²) >= 11 is 0. The van der Waals surface area contributed by atoms with E-state index in [0.717, 1.165) is 32.1 Å². The Bertz CT molecular complexity index is 145. The first-order chi connectivity index (χ1) is 5.79. The first kappa shape index (κ1) is 9.52. The van der Waals surface area contributed by atoms with E-state index in [9.17, 15) is 9.90 Å². The van der Waals surface area contributed by atoms with Gasteiger partial charge in [-0.3, -0.25) is 4.79 Å². The lowest BCUT2D eigenvalue weighted by atomic mass is 10.1. The first-order valence-electron chi connectivity index (χ1n) is 4.63. The van der Waals surface area contributed by atoms with Crippen LogP contribution in [-0.2, 0) is 9.53 Å². The van der Waals surface area contributed by atoms with Gasteiger partial charge >= 0.3 is 5.97 Å². The SMILES string of the molecule is O=C1CCCC(O)CCCCO1. The molecule has 3 nitrogen and oxygen atoms in total. The van der Waals surface area contributed by atoms with Crippen molar-refractivity contribution in [3.8, 4) is 0 Å². The topological polar surface area (TPSA) is 46.5 Å². The smallest absolute Gasteiger partial charge is 0.305 e. The van der Waals surface area contributed by atoms with Gasteiger partial charge in [0.05, 0.1) is 12.7 Å². The molecule has 0 aromatic carbocycles. The standard InChI is InChI=1S/C9H16O3/c10-8-4-1-2-7-12-9(11)6-3-5-8/h8,10H,1-7H2. The minimum absolute atomic E-state index is 0.121. The van der Waals surface area contributed by atoms with Gasteiger partial charge in [-0.2, -0.15) is 0 Å². The van der Waals surface area contributed by atoms with E-state index in [-0.39, 0.29) is 12.1 Å². The van der Waals surface area contributed by atoms with Gasteiger partial charge in [-0.05, 0) is 32.1 Å². The minimum atomic E-state index is -0.212. The number of rotatable bonds is 0. The molecule has 0 bridgehead atoms. The lowest BCUT2D eigenvalue weighted by Crippen LogP contribution is -2.12. The highest BCUT2D eigenvalue weighted by Crippen LogP contribution is 2.11. The van der Waals surface area contributed by atoms with Crippen LogP contribution in [0.1, 0.15) is 38.5 Å². The summed E-state index contributed by atoms with van der Waals surface area (Å²) in [7, 11) is 0. The number of carbonyl (C=O) groups is 1. The maximum atomic E-state index is 10.9. The molecule has 3 heteroatoms. The van der Waals surface area contributed by atoms with E-state index in [0.29, 0.717) is 13.0 Å².